The second-order valence-electron chi connectivity index (χ2n) is 8.21. The zero-order valence-electron chi connectivity index (χ0n) is 17.3. The number of benzene rings is 2. The van der Waals surface area contributed by atoms with Gasteiger partial charge < -0.3 is 9.64 Å². The highest BCUT2D eigenvalue weighted by molar-refractivity contribution is 6.75. The Balaban J connectivity index is 2.21. The highest BCUT2D eigenvalue weighted by Crippen LogP contribution is 2.32. The summed E-state index contributed by atoms with van der Waals surface area (Å²) in [5.41, 5.74) is 4.56. The average molecular weight is 369 g/mol. The maximum absolute atomic E-state index is 6.20. The summed E-state index contributed by atoms with van der Waals surface area (Å²) in [7, 11) is 0.887. The van der Waals surface area contributed by atoms with E-state index in [2.05, 4.69) is 80.6 Å². The van der Waals surface area contributed by atoms with Gasteiger partial charge in [0.05, 0.1) is 12.0 Å². The summed E-state index contributed by atoms with van der Waals surface area (Å²) < 4.78 is 6.20. The van der Waals surface area contributed by atoms with Gasteiger partial charge in [-0.3, -0.25) is 0 Å². The fraction of sp³-hybridized carbons (Fsp3) is 0.409. The van der Waals surface area contributed by atoms with Gasteiger partial charge in [0.2, 0.25) is 0 Å². The summed E-state index contributed by atoms with van der Waals surface area (Å²) in [5, 5.41) is 0. The lowest BCUT2D eigenvalue weighted by molar-refractivity contribution is 0.478. The normalized spacial score (nSPS) is 11.8. The van der Waals surface area contributed by atoms with E-state index in [1.54, 1.807) is 0 Å². The molecule has 0 heterocycles. The van der Waals surface area contributed by atoms with Crippen molar-refractivity contribution in [1.29, 1.82) is 0 Å². The lowest BCUT2D eigenvalue weighted by Crippen LogP contribution is -2.23. The van der Waals surface area contributed by atoms with Crippen molar-refractivity contribution in [2.24, 2.45) is 4.99 Å². The summed E-state index contributed by atoms with van der Waals surface area (Å²) in [6.45, 7) is 14.4. The predicted molar refractivity (Wildman–Crippen MR) is 116 cm³/mol. The third kappa shape index (κ3) is 6.02. The molecule has 0 aliphatic heterocycles. The van der Waals surface area contributed by atoms with Gasteiger partial charge in [0.25, 0.3) is 0 Å². The number of ether oxygens (including phenoxy) is 1. The van der Waals surface area contributed by atoms with Crippen LogP contribution in [0.25, 0.3) is 0 Å². The van der Waals surface area contributed by atoms with Crippen LogP contribution in [0.2, 0.25) is 19.6 Å². The molecule has 0 saturated carbocycles. The molecule has 0 N–H and O–H groups in total. The van der Waals surface area contributed by atoms with Crippen molar-refractivity contribution in [2.45, 2.75) is 46.5 Å². The van der Waals surface area contributed by atoms with Crippen LogP contribution in [0.15, 0.2) is 41.4 Å². The minimum Gasteiger partial charge on any atom is -0.457 e. The molecular formula is C22H32N2OSi. The molecular weight excluding hydrogens is 336 g/mol. The standard InChI is InChI=1S/C22H32N2OSi/c1-8-24(4)16-23-21-12-18(3)22(13-17(21)2)25-20-11-9-10-19(14-20)15-26(5,6)7/h9-14,16H,8,15H2,1-7H3. The summed E-state index contributed by atoms with van der Waals surface area (Å²) in [5.74, 6) is 1.81. The molecule has 0 atom stereocenters. The molecule has 0 aliphatic rings. The number of nitrogens with zero attached hydrogens (tertiary/aromatic N) is 2. The van der Waals surface area contributed by atoms with E-state index in [1.807, 2.05) is 19.5 Å². The Bertz CT molecular complexity index is 778. The molecule has 0 bridgehead atoms. The zero-order valence-corrected chi connectivity index (χ0v) is 18.3. The SMILES string of the molecule is CCN(C)C=Nc1cc(C)c(Oc2cccc(C[Si](C)(C)C)c2)cc1C. The monoisotopic (exact) mass is 368 g/mol. The third-order valence-corrected chi connectivity index (χ3v) is 5.72. The number of hydrogen-bond acceptors (Lipinski definition) is 2. The van der Waals surface area contributed by atoms with Crippen LogP contribution in [0.5, 0.6) is 11.5 Å². The van der Waals surface area contributed by atoms with Gasteiger partial charge in [0, 0.05) is 21.7 Å². The Hall–Kier alpha value is -2.07. The minimum atomic E-state index is -1.14. The predicted octanol–water partition coefficient (Wildman–Crippen LogP) is 6.13. The molecule has 3 nitrogen and oxygen atoms in total. The van der Waals surface area contributed by atoms with Crippen molar-refractivity contribution >= 4 is 20.1 Å². The maximum atomic E-state index is 6.20. The lowest BCUT2D eigenvalue weighted by Gasteiger charge is -2.17. The van der Waals surface area contributed by atoms with Gasteiger partial charge in [-0.15, -0.1) is 0 Å². The Morgan fingerprint density at radius 1 is 1.08 bits per heavy atom. The quantitative estimate of drug-likeness (QED) is 0.334. The lowest BCUT2D eigenvalue weighted by atomic mass is 10.1. The molecule has 140 valence electrons. The second kappa shape index (κ2) is 8.54. The molecule has 2 aromatic carbocycles. The van der Waals surface area contributed by atoms with E-state index in [4.69, 9.17) is 4.74 Å². The first-order chi connectivity index (χ1) is 12.2. The van der Waals surface area contributed by atoms with Crippen molar-refractivity contribution in [3.05, 3.63) is 53.1 Å². The van der Waals surface area contributed by atoms with Crippen LogP contribution in [-0.2, 0) is 6.04 Å². The van der Waals surface area contributed by atoms with Crippen molar-refractivity contribution in [2.75, 3.05) is 13.6 Å². The van der Waals surface area contributed by atoms with E-state index in [9.17, 15) is 0 Å². The molecule has 0 aliphatic carbocycles. The topological polar surface area (TPSA) is 24.8 Å². The molecule has 0 aromatic heterocycles. The maximum Gasteiger partial charge on any atom is 0.130 e. The molecule has 0 amide bonds. The van der Waals surface area contributed by atoms with E-state index < -0.39 is 8.07 Å². The molecule has 2 rings (SSSR count). The second-order valence-corrected chi connectivity index (χ2v) is 13.7. The fourth-order valence-electron chi connectivity index (χ4n) is 2.72. The van der Waals surface area contributed by atoms with Crippen molar-refractivity contribution in [3.8, 4) is 11.5 Å². The largest absolute Gasteiger partial charge is 0.457 e. The Morgan fingerprint density at radius 2 is 1.81 bits per heavy atom. The molecule has 0 unspecified atom stereocenters. The van der Waals surface area contributed by atoms with Gasteiger partial charge in [-0.1, -0.05) is 31.8 Å². The van der Waals surface area contributed by atoms with Gasteiger partial charge in [-0.2, -0.15) is 0 Å². The average Bonchev–Trinajstić information content (AvgIpc) is 2.55. The van der Waals surface area contributed by atoms with Crippen molar-refractivity contribution < 1.29 is 4.74 Å². The summed E-state index contributed by atoms with van der Waals surface area (Å²) in [6.07, 6.45) is 1.88. The Labute approximate surface area is 159 Å². The smallest absolute Gasteiger partial charge is 0.130 e. The zero-order chi connectivity index (χ0) is 19.3. The van der Waals surface area contributed by atoms with Crippen LogP contribution >= 0.6 is 0 Å². The van der Waals surface area contributed by atoms with E-state index in [1.165, 1.54) is 11.6 Å². The van der Waals surface area contributed by atoms with Crippen LogP contribution < -0.4 is 4.74 Å². The highest BCUT2D eigenvalue weighted by atomic mass is 28.3. The summed E-state index contributed by atoms with van der Waals surface area (Å²) in [6, 6.07) is 13.8. The van der Waals surface area contributed by atoms with Crippen LogP contribution in [0.4, 0.5) is 5.69 Å². The Morgan fingerprint density at radius 3 is 2.46 bits per heavy atom. The molecule has 0 spiro atoms. The first-order valence-electron chi connectivity index (χ1n) is 9.30. The molecule has 0 saturated heterocycles. The van der Waals surface area contributed by atoms with E-state index in [0.29, 0.717) is 0 Å². The number of hydrogen-bond donors (Lipinski definition) is 0. The summed E-state index contributed by atoms with van der Waals surface area (Å²) in [4.78, 5) is 6.65. The van der Waals surface area contributed by atoms with Gasteiger partial charge in [0.1, 0.15) is 11.5 Å². The molecule has 4 heteroatoms. The van der Waals surface area contributed by atoms with Crippen LogP contribution in [-0.4, -0.2) is 32.9 Å². The van der Waals surface area contributed by atoms with Gasteiger partial charge in [-0.25, -0.2) is 4.99 Å². The molecule has 2 aromatic rings. The fourth-order valence-corrected chi connectivity index (χ4v) is 4.17. The highest BCUT2D eigenvalue weighted by Gasteiger charge is 2.14. The van der Waals surface area contributed by atoms with Gasteiger partial charge in [-0.05, 0) is 67.8 Å². The first kappa shape index (κ1) is 20.2. The first-order valence-corrected chi connectivity index (χ1v) is 13.0. The number of rotatable bonds is 7. The molecule has 26 heavy (non-hydrogen) atoms. The number of aryl methyl sites for hydroxylation is 2. The van der Waals surface area contributed by atoms with Crippen molar-refractivity contribution in [1.82, 2.24) is 4.90 Å². The van der Waals surface area contributed by atoms with E-state index in [0.717, 1.165) is 34.9 Å². The molecule has 0 radical (unpaired) electrons. The summed E-state index contributed by atoms with van der Waals surface area (Å²) >= 11 is 0. The van der Waals surface area contributed by atoms with Crippen molar-refractivity contribution in [3.63, 3.8) is 0 Å². The Kier molecular flexibility index (Phi) is 6.65. The van der Waals surface area contributed by atoms with E-state index >= 15 is 0 Å². The van der Waals surface area contributed by atoms with E-state index in [-0.39, 0.29) is 0 Å². The van der Waals surface area contributed by atoms with Crippen LogP contribution in [0.3, 0.4) is 0 Å². The van der Waals surface area contributed by atoms with Gasteiger partial charge in [0.15, 0.2) is 0 Å². The van der Waals surface area contributed by atoms with Crippen LogP contribution in [0, 0.1) is 13.8 Å². The molecule has 0 fully saturated rings. The van der Waals surface area contributed by atoms with Gasteiger partial charge >= 0.3 is 0 Å². The van der Waals surface area contributed by atoms with Crippen LogP contribution in [0.1, 0.15) is 23.6 Å². The number of aliphatic imine (C=N–C) groups is 1. The minimum absolute atomic E-state index is 0.899. The third-order valence-electron chi connectivity index (χ3n) is 4.25.